The standard InChI is InChI=1S/C16H29N3O2/c1-4-13(5-2)19-15(20)10-14(16(19)21)17-12-8-7-9-18(6-3)11-12/h12-14,17H,4-11H2,1-3H3. The van der Waals surface area contributed by atoms with E-state index in [9.17, 15) is 9.59 Å². The third-order valence-corrected chi connectivity index (χ3v) is 4.88. The quantitative estimate of drug-likeness (QED) is 0.752. The van der Waals surface area contributed by atoms with E-state index < -0.39 is 0 Å². The highest BCUT2D eigenvalue weighted by atomic mass is 16.2. The minimum absolute atomic E-state index is 0.00522. The predicted molar refractivity (Wildman–Crippen MR) is 82.9 cm³/mol. The molecule has 2 heterocycles. The topological polar surface area (TPSA) is 52.7 Å². The zero-order chi connectivity index (χ0) is 15.4. The van der Waals surface area contributed by atoms with Crippen molar-refractivity contribution in [1.29, 1.82) is 0 Å². The van der Waals surface area contributed by atoms with E-state index in [0.29, 0.717) is 12.5 Å². The number of likely N-dealkylation sites (tertiary alicyclic amines) is 2. The molecule has 0 radical (unpaired) electrons. The molecule has 5 nitrogen and oxygen atoms in total. The Balaban J connectivity index is 1.96. The molecule has 2 amide bonds. The molecule has 0 aromatic rings. The summed E-state index contributed by atoms with van der Waals surface area (Å²) >= 11 is 0. The van der Waals surface area contributed by atoms with Crippen molar-refractivity contribution in [3.05, 3.63) is 0 Å². The van der Waals surface area contributed by atoms with Crippen molar-refractivity contribution in [2.45, 2.75) is 71.0 Å². The highest BCUT2D eigenvalue weighted by molar-refractivity contribution is 6.05. The van der Waals surface area contributed by atoms with E-state index in [1.165, 1.54) is 4.90 Å². The lowest BCUT2D eigenvalue weighted by atomic mass is 10.0. The van der Waals surface area contributed by atoms with Gasteiger partial charge in [-0.3, -0.25) is 14.5 Å². The zero-order valence-electron chi connectivity index (χ0n) is 13.6. The van der Waals surface area contributed by atoms with Crippen molar-refractivity contribution in [1.82, 2.24) is 15.1 Å². The van der Waals surface area contributed by atoms with Gasteiger partial charge in [0.05, 0.1) is 12.5 Å². The first-order valence-electron chi connectivity index (χ1n) is 8.44. The maximum Gasteiger partial charge on any atom is 0.247 e. The van der Waals surface area contributed by atoms with E-state index >= 15 is 0 Å². The number of carbonyl (C=O) groups is 2. The minimum Gasteiger partial charge on any atom is -0.302 e. The summed E-state index contributed by atoms with van der Waals surface area (Å²) in [5, 5.41) is 3.44. The minimum atomic E-state index is -0.306. The first-order valence-corrected chi connectivity index (χ1v) is 8.44. The van der Waals surface area contributed by atoms with Gasteiger partial charge in [0, 0.05) is 18.6 Å². The zero-order valence-corrected chi connectivity index (χ0v) is 13.6. The van der Waals surface area contributed by atoms with Crippen LogP contribution in [0.25, 0.3) is 0 Å². The first kappa shape index (κ1) is 16.4. The Morgan fingerprint density at radius 2 is 1.95 bits per heavy atom. The molecule has 2 atom stereocenters. The number of likely N-dealkylation sites (N-methyl/N-ethyl adjacent to an activating group) is 1. The fraction of sp³-hybridized carbons (Fsp3) is 0.875. The molecule has 2 aliphatic heterocycles. The Kier molecular flexibility index (Phi) is 5.76. The number of amides is 2. The normalized spacial score (nSPS) is 27.9. The van der Waals surface area contributed by atoms with Gasteiger partial charge >= 0.3 is 0 Å². The second kappa shape index (κ2) is 7.36. The Bertz CT molecular complexity index is 382. The van der Waals surface area contributed by atoms with Crippen LogP contribution >= 0.6 is 0 Å². The van der Waals surface area contributed by atoms with Crippen LogP contribution < -0.4 is 5.32 Å². The van der Waals surface area contributed by atoms with E-state index in [0.717, 1.165) is 45.3 Å². The predicted octanol–water partition coefficient (Wildman–Crippen LogP) is 1.38. The van der Waals surface area contributed by atoms with E-state index in [2.05, 4.69) is 17.1 Å². The van der Waals surface area contributed by atoms with E-state index in [1.807, 2.05) is 13.8 Å². The van der Waals surface area contributed by atoms with Crippen LogP contribution in [-0.4, -0.2) is 59.4 Å². The van der Waals surface area contributed by atoms with Gasteiger partial charge in [0.25, 0.3) is 0 Å². The van der Waals surface area contributed by atoms with Crippen LogP contribution in [0.4, 0.5) is 0 Å². The van der Waals surface area contributed by atoms with Gasteiger partial charge in [-0.2, -0.15) is 0 Å². The lowest BCUT2D eigenvalue weighted by Crippen LogP contribution is -2.51. The maximum atomic E-state index is 12.5. The summed E-state index contributed by atoms with van der Waals surface area (Å²) in [4.78, 5) is 28.6. The van der Waals surface area contributed by atoms with Crippen molar-refractivity contribution >= 4 is 11.8 Å². The third kappa shape index (κ3) is 3.64. The summed E-state index contributed by atoms with van der Waals surface area (Å²) in [5.41, 5.74) is 0. The number of hydrogen-bond acceptors (Lipinski definition) is 4. The molecule has 2 aliphatic rings. The molecule has 0 aromatic carbocycles. The molecule has 120 valence electrons. The molecule has 1 N–H and O–H groups in total. The molecule has 0 bridgehead atoms. The Morgan fingerprint density at radius 3 is 2.57 bits per heavy atom. The summed E-state index contributed by atoms with van der Waals surface area (Å²) in [6.45, 7) is 9.42. The second-order valence-electron chi connectivity index (χ2n) is 6.23. The van der Waals surface area contributed by atoms with Gasteiger partial charge in [-0.05, 0) is 38.8 Å². The highest BCUT2D eigenvalue weighted by Crippen LogP contribution is 2.21. The van der Waals surface area contributed by atoms with Crippen LogP contribution in [0.2, 0.25) is 0 Å². The lowest BCUT2D eigenvalue weighted by molar-refractivity contribution is -0.141. The monoisotopic (exact) mass is 295 g/mol. The van der Waals surface area contributed by atoms with Crippen LogP contribution in [0.3, 0.4) is 0 Å². The van der Waals surface area contributed by atoms with Gasteiger partial charge in [-0.15, -0.1) is 0 Å². The van der Waals surface area contributed by atoms with E-state index in [4.69, 9.17) is 0 Å². The molecule has 2 rings (SSSR count). The van der Waals surface area contributed by atoms with Gasteiger partial charge in [0.1, 0.15) is 0 Å². The van der Waals surface area contributed by atoms with Crippen LogP contribution in [0.15, 0.2) is 0 Å². The van der Waals surface area contributed by atoms with Crippen molar-refractivity contribution in [2.75, 3.05) is 19.6 Å². The van der Waals surface area contributed by atoms with Crippen molar-refractivity contribution < 1.29 is 9.59 Å². The summed E-state index contributed by atoms with van der Waals surface area (Å²) in [5.74, 6) is -0.0170. The van der Waals surface area contributed by atoms with Gasteiger partial charge in [0.2, 0.25) is 11.8 Å². The van der Waals surface area contributed by atoms with Crippen molar-refractivity contribution in [3.63, 3.8) is 0 Å². The number of imide groups is 1. The highest BCUT2D eigenvalue weighted by Gasteiger charge is 2.42. The van der Waals surface area contributed by atoms with Crippen LogP contribution in [-0.2, 0) is 9.59 Å². The fourth-order valence-electron chi connectivity index (χ4n) is 3.58. The molecular weight excluding hydrogens is 266 g/mol. The molecule has 0 aliphatic carbocycles. The summed E-state index contributed by atoms with van der Waals surface area (Å²) in [6, 6.07) is 0.0947. The summed E-state index contributed by atoms with van der Waals surface area (Å²) in [7, 11) is 0. The van der Waals surface area contributed by atoms with Crippen LogP contribution in [0.5, 0.6) is 0 Å². The number of rotatable bonds is 6. The molecule has 2 saturated heterocycles. The molecule has 0 spiro atoms. The SMILES string of the molecule is CCC(CC)N1C(=O)CC(NC2CCCN(CC)C2)C1=O. The molecule has 2 unspecified atom stereocenters. The number of piperidine rings is 1. The van der Waals surface area contributed by atoms with Crippen molar-refractivity contribution in [2.24, 2.45) is 0 Å². The second-order valence-corrected chi connectivity index (χ2v) is 6.23. The fourth-order valence-corrected chi connectivity index (χ4v) is 3.58. The number of nitrogens with one attached hydrogen (secondary N) is 1. The summed E-state index contributed by atoms with van der Waals surface area (Å²) < 4.78 is 0. The largest absolute Gasteiger partial charge is 0.302 e. The van der Waals surface area contributed by atoms with Crippen LogP contribution in [0, 0.1) is 0 Å². The molecule has 0 saturated carbocycles. The van der Waals surface area contributed by atoms with Gasteiger partial charge in [-0.25, -0.2) is 0 Å². The van der Waals surface area contributed by atoms with Crippen molar-refractivity contribution in [3.8, 4) is 0 Å². The van der Waals surface area contributed by atoms with Gasteiger partial charge in [0.15, 0.2) is 0 Å². The number of nitrogens with zero attached hydrogens (tertiary/aromatic N) is 2. The molecular formula is C16H29N3O2. The smallest absolute Gasteiger partial charge is 0.247 e. The Hall–Kier alpha value is -0.940. The van der Waals surface area contributed by atoms with Crippen LogP contribution in [0.1, 0.15) is 52.9 Å². The number of carbonyl (C=O) groups excluding carboxylic acids is 2. The molecule has 21 heavy (non-hydrogen) atoms. The van der Waals surface area contributed by atoms with Gasteiger partial charge in [-0.1, -0.05) is 20.8 Å². The number of hydrogen-bond donors (Lipinski definition) is 1. The summed E-state index contributed by atoms with van der Waals surface area (Å²) in [6.07, 6.45) is 4.27. The van der Waals surface area contributed by atoms with E-state index in [1.54, 1.807) is 0 Å². The lowest BCUT2D eigenvalue weighted by Gasteiger charge is -2.33. The molecule has 0 aromatic heterocycles. The maximum absolute atomic E-state index is 12.5. The third-order valence-electron chi connectivity index (χ3n) is 4.88. The Labute approximate surface area is 128 Å². The average molecular weight is 295 g/mol. The molecule has 2 fully saturated rings. The molecule has 5 heteroatoms. The average Bonchev–Trinajstić information content (AvgIpc) is 2.76. The Morgan fingerprint density at radius 1 is 1.24 bits per heavy atom. The van der Waals surface area contributed by atoms with Gasteiger partial charge < -0.3 is 10.2 Å². The first-order chi connectivity index (χ1) is 10.1. The van der Waals surface area contributed by atoms with E-state index in [-0.39, 0.29) is 23.9 Å².